The van der Waals surface area contributed by atoms with E-state index >= 15 is 0 Å². The number of rotatable bonds is 8. The van der Waals surface area contributed by atoms with Gasteiger partial charge in [-0.3, -0.25) is 4.79 Å². The molecule has 23 heavy (non-hydrogen) atoms. The number of carbonyl (C=O) groups excluding carboxylic acids is 1. The van der Waals surface area contributed by atoms with Crippen LogP contribution in [0.5, 0.6) is 5.75 Å². The van der Waals surface area contributed by atoms with Crippen molar-refractivity contribution in [2.45, 2.75) is 40.5 Å². The van der Waals surface area contributed by atoms with E-state index < -0.39 is 0 Å². The van der Waals surface area contributed by atoms with Gasteiger partial charge in [0.1, 0.15) is 5.75 Å². The number of halogens is 1. The van der Waals surface area contributed by atoms with Crippen LogP contribution in [0, 0.1) is 19.3 Å². The zero-order valence-electron chi connectivity index (χ0n) is 15.0. The predicted molar refractivity (Wildman–Crippen MR) is 98.4 cm³/mol. The van der Waals surface area contributed by atoms with Crippen LogP contribution >= 0.6 is 12.4 Å². The fraction of sp³-hybridized carbons (Fsp3) is 0.611. The van der Waals surface area contributed by atoms with Crippen molar-refractivity contribution < 1.29 is 9.53 Å². The van der Waals surface area contributed by atoms with Gasteiger partial charge in [0, 0.05) is 20.0 Å². The molecule has 0 aliphatic carbocycles. The number of ether oxygens (including phenoxy) is 1. The zero-order chi connectivity index (χ0) is 16.8. The maximum absolute atomic E-state index is 12.1. The van der Waals surface area contributed by atoms with Crippen LogP contribution in [0.2, 0.25) is 0 Å². The summed E-state index contributed by atoms with van der Waals surface area (Å²) in [6, 6.07) is 6.06. The molecule has 1 aromatic rings. The van der Waals surface area contributed by atoms with Crippen molar-refractivity contribution in [2.75, 3.05) is 26.7 Å². The first-order valence-electron chi connectivity index (χ1n) is 7.89. The van der Waals surface area contributed by atoms with E-state index in [1.54, 1.807) is 4.90 Å². The molecule has 0 aliphatic rings. The molecule has 0 radical (unpaired) electrons. The Morgan fingerprint density at radius 3 is 2.48 bits per heavy atom. The van der Waals surface area contributed by atoms with Gasteiger partial charge >= 0.3 is 0 Å². The summed E-state index contributed by atoms with van der Waals surface area (Å²) in [5.74, 6) is 1.01. The molecule has 0 aromatic heterocycles. The van der Waals surface area contributed by atoms with Crippen molar-refractivity contribution in [1.29, 1.82) is 0 Å². The zero-order valence-corrected chi connectivity index (χ0v) is 15.8. The summed E-state index contributed by atoms with van der Waals surface area (Å²) in [6.45, 7) is 10.1. The average molecular weight is 343 g/mol. The Kier molecular flexibility index (Phi) is 9.25. The van der Waals surface area contributed by atoms with Gasteiger partial charge in [-0.05, 0) is 55.5 Å². The van der Waals surface area contributed by atoms with E-state index in [0.29, 0.717) is 26.1 Å². The number of hydrogen-bond acceptors (Lipinski definition) is 3. The fourth-order valence-corrected chi connectivity index (χ4v) is 2.20. The highest BCUT2D eigenvalue weighted by atomic mass is 35.5. The Balaban J connectivity index is 0.00000484. The lowest BCUT2D eigenvalue weighted by molar-refractivity contribution is -0.131. The largest absolute Gasteiger partial charge is 0.494 e. The van der Waals surface area contributed by atoms with Gasteiger partial charge in [0.05, 0.1) is 6.61 Å². The molecule has 0 saturated heterocycles. The summed E-state index contributed by atoms with van der Waals surface area (Å²) in [6.07, 6.45) is 1.22. The summed E-state index contributed by atoms with van der Waals surface area (Å²) >= 11 is 0. The second-order valence-corrected chi connectivity index (χ2v) is 6.82. The van der Waals surface area contributed by atoms with Crippen LogP contribution in [0.1, 0.15) is 37.8 Å². The van der Waals surface area contributed by atoms with Gasteiger partial charge in [-0.2, -0.15) is 0 Å². The summed E-state index contributed by atoms with van der Waals surface area (Å²) in [4.78, 5) is 13.8. The number of benzene rings is 1. The second kappa shape index (κ2) is 9.78. The van der Waals surface area contributed by atoms with Crippen molar-refractivity contribution >= 4 is 18.3 Å². The van der Waals surface area contributed by atoms with Gasteiger partial charge in [-0.1, -0.05) is 19.9 Å². The van der Waals surface area contributed by atoms with Crippen molar-refractivity contribution in [3.8, 4) is 5.75 Å². The molecular weight excluding hydrogens is 312 g/mol. The van der Waals surface area contributed by atoms with Crippen LogP contribution in [0.15, 0.2) is 18.2 Å². The minimum Gasteiger partial charge on any atom is -0.494 e. The summed E-state index contributed by atoms with van der Waals surface area (Å²) in [5, 5.41) is 0. The van der Waals surface area contributed by atoms with Gasteiger partial charge in [0.2, 0.25) is 5.91 Å². The second-order valence-electron chi connectivity index (χ2n) is 6.82. The average Bonchev–Trinajstić information content (AvgIpc) is 2.46. The Morgan fingerprint density at radius 2 is 1.91 bits per heavy atom. The third kappa shape index (κ3) is 7.71. The Labute approximate surface area is 146 Å². The van der Waals surface area contributed by atoms with Crippen molar-refractivity contribution in [3.63, 3.8) is 0 Å². The van der Waals surface area contributed by atoms with Gasteiger partial charge < -0.3 is 15.4 Å². The lowest BCUT2D eigenvalue weighted by Gasteiger charge is -2.29. The molecule has 0 saturated carbocycles. The number of carbonyl (C=O) groups is 1. The number of hydrogen-bond donors (Lipinski definition) is 1. The molecule has 0 spiro atoms. The first-order valence-corrected chi connectivity index (χ1v) is 7.89. The molecule has 0 atom stereocenters. The fourth-order valence-electron chi connectivity index (χ4n) is 2.20. The minimum atomic E-state index is -0.0413. The summed E-state index contributed by atoms with van der Waals surface area (Å²) in [7, 11) is 1.84. The van der Waals surface area contributed by atoms with Crippen molar-refractivity contribution in [3.05, 3.63) is 29.3 Å². The molecule has 0 bridgehead atoms. The molecular formula is C18H31ClN2O2. The van der Waals surface area contributed by atoms with Crippen LogP contribution in [0.25, 0.3) is 0 Å². The first kappa shape index (κ1) is 21.7. The Bertz CT molecular complexity index is 504. The monoisotopic (exact) mass is 342 g/mol. The van der Waals surface area contributed by atoms with E-state index in [1.807, 2.05) is 19.2 Å². The van der Waals surface area contributed by atoms with Crippen LogP contribution in [-0.4, -0.2) is 37.6 Å². The molecule has 5 heteroatoms. The standard InChI is InChI=1S/C18H30N2O2.ClH/c1-14-8-9-16(11-15(14)2)22-10-6-7-17(21)20(5)13-18(3,4)12-19;/h8-9,11H,6-7,10,12-13,19H2,1-5H3;1H. The van der Waals surface area contributed by atoms with Crippen molar-refractivity contribution in [2.24, 2.45) is 11.1 Å². The quantitative estimate of drug-likeness (QED) is 0.737. The summed E-state index contributed by atoms with van der Waals surface area (Å²) < 4.78 is 5.70. The Hall–Kier alpha value is -1.26. The molecule has 1 aromatic carbocycles. The van der Waals surface area contributed by atoms with E-state index in [1.165, 1.54) is 11.1 Å². The molecule has 2 N–H and O–H groups in total. The van der Waals surface area contributed by atoms with Gasteiger partial charge in [0.15, 0.2) is 0 Å². The highest BCUT2D eigenvalue weighted by Crippen LogP contribution is 2.17. The lowest BCUT2D eigenvalue weighted by Crippen LogP contribution is -2.39. The predicted octanol–water partition coefficient (Wildman–Crippen LogP) is 3.33. The van der Waals surface area contributed by atoms with Crippen LogP contribution < -0.4 is 10.5 Å². The lowest BCUT2D eigenvalue weighted by atomic mass is 9.93. The van der Waals surface area contributed by atoms with Crippen molar-refractivity contribution in [1.82, 2.24) is 4.90 Å². The highest BCUT2D eigenvalue weighted by molar-refractivity contribution is 5.85. The van der Waals surface area contributed by atoms with E-state index in [4.69, 9.17) is 10.5 Å². The van der Waals surface area contributed by atoms with E-state index in [-0.39, 0.29) is 23.7 Å². The minimum absolute atomic E-state index is 0. The topological polar surface area (TPSA) is 55.6 Å². The highest BCUT2D eigenvalue weighted by Gasteiger charge is 2.20. The van der Waals surface area contributed by atoms with Crippen LogP contribution in [0.3, 0.4) is 0 Å². The number of nitrogens with two attached hydrogens (primary N) is 1. The number of amides is 1. The molecule has 4 nitrogen and oxygen atoms in total. The van der Waals surface area contributed by atoms with Crippen LogP contribution in [-0.2, 0) is 4.79 Å². The third-order valence-electron chi connectivity index (χ3n) is 3.93. The Morgan fingerprint density at radius 1 is 1.26 bits per heavy atom. The third-order valence-corrected chi connectivity index (χ3v) is 3.93. The van der Waals surface area contributed by atoms with Gasteiger partial charge in [-0.25, -0.2) is 0 Å². The smallest absolute Gasteiger partial charge is 0.222 e. The molecule has 1 rings (SSSR count). The molecule has 132 valence electrons. The maximum atomic E-state index is 12.1. The molecule has 0 fully saturated rings. The SMILES string of the molecule is Cc1ccc(OCCCC(=O)N(C)CC(C)(C)CN)cc1C.Cl. The first-order chi connectivity index (χ1) is 10.2. The number of nitrogens with zero attached hydrogens (tertiary/aromatic N) is 1. The maximum Gasteiger partial charge on any atom is 0.222 e. The van der Waals surface area contributed by atoms with E-state index in [2.05, 4.69) is 33.8 Å². The number of aryl methyl sites for hydroxylation is 2. The molecule has 0 heterocycles. The van der Waals surface area contributed by atoms with Gasteiger partial charge in [0.25, 0.3) is 0 Å². The molecule has 0 unspecified atom stereocenters. The van der Waals surface area contributed by atoms with Crippen LogP contribution in [0.4, 0.5) is 0 Å². The van der Waals surface area contributed by atoms with Gasteiger partial charge in [-0.15, -0.1) is 12.4 Å². The van der Waals surface area contributed by atoms with E-state index in [9.17, 15) is 4.79 Å². The summed E-state index contributed by atoms with van der Waals surface area (Å²) in [5.41, 5.74) is 8.14. The molecule has 1 amide bonds. The molecule has 0 aliphatic heterocycles. The normalized spacial score (nSPS) is 10.9. The van der Waals surface area contributed by atoms with E-state index in [0.717, 1.165) is 12.2 Å².